The number of ether oxygens (including phenoxy) is 9. The van der Waals surface area contributed by atoms with Gasteiger partial charge in [0.15, 0.2) is 0 Å². The molecule has 2 N–H and O–H groups in total. The number of nitrogens with one attached hydrogen (secondary N) is 1. The van der Waals surface area contributed by atoms with Crippen molar-refractivity contribution in [2.24, 2.45) is 0 Å². The molecule has 0 fully saturated rings. The van der Waals surface area contributed by atoms with E-state index in [1.165, 1.54) is 16.7 Å². The molecule has 0 aromatic heterocycles. The Labute approximate surface area is 295 Å². The molecule has 0 saturated carbocycles. The van der Waals surface area contributed by atoms with E-state index < -0.39 is 5.97 Å². The average molecular weight is 700 g/mol. The summed E-state index contributed by atoms with van der Waals surface area (Å²) in [7, 11) is 3.29. The van der Waals surface area contributed by atoms with Crippen LogP contribution in [0.25, 0.3) is 11.1 Å². The van der Waals surface area contributed by atoms with Crippen LogP contribution in [0.5, 0.6) is 17.2 Å². The minimum Gasteiger partial charge on any atom is -0.496 e. The number of benzene rings is 3. The number of aliphatic carboxylic acids is 1. The van der Waals surface area contributed by atoms with E-state index in [9.17, 15) is 4.79 Å². The molecular formula is C38H53NO11. The minimum absolute atomic E-state index is 0.00482. The number of carboxylic acid groups (broad SMARTS) is 1. The Kier molecular flexibility index (Phi) is 20.5. The Balaban J connectivity index is 1.22. The Morgan fingerprint density at radius 1 is 0.660 bits per heavy atom. The van der Waals surface area contributed by atoms with Crippen LogP contribution in [0.2, 0.25) is 0 Å². The summed E-state index contributed by atoms with van der Waals surface area (Å²) in [6.45, 7) is 8.99. The van der Waals surface area contributed by atoms with Gasteiger partial charge in [0.2, 0.25) is 0 Å². The third kappa shape index (κ3) is 15.9. The van der Waals surface area contributed by atoms with Crippen LogP contribution in [0.3, 0.4) is 0 Å². The van der Waals surface area contributed by atoms with Crippen molar-refractivity contribution in [1.29, 1.82) is 0 Å². The SMILES string of the molecule is COc1cc(OCc2cccc(-c3ccccc3)c2C)cc(OC)c1CNCCOCCOCCOCCOCCOCCOCCC(=O)O. The van der Waals surface area contributed by atoms with Crippen LogP contribution in [0.4, 0.5) is 0 Å². The topological polar surface area (TPSA) is 132 Å². The van der Waals surface area contributed by atoms with Crippen molar-refractivity contribution in [3.8, 4) is 28.4 Å². The van der Waals surface area contributed by atoms with Crippen LogP contribution in [0.15, 0.2) is 60.7 Å². The Hall–Kier alpha value is -3.75. The molecule has 0 radical (unpaired) electrons. The first-order chi connectivity index (χ1) is 24.5. The lowest BCUT2D eigenvalue weighted by molar-refractivity contribution is -0.138. The third-order valence-electron chi connectivity index (χ3n) is 7.55. The van der Waals surface area contributed by atoms with Crippen LogP contribution in [0.1, 0.15) is 23.1 Å². The van der Waals surface area contributed by atoms with Gasteiger partial charge >= 0.3 is 5.97 Å². The van der Waals surface area contributed by atoms with Crippen molar-refractivity contribution in [2.45, 2.75) is 26.5 Å². The molecule has 0 amide bonds. The molecule has 0 atom stereocenters. The quantitative estimate of drug-likeness (QED) is 0.0954. The molecule has 276 valence electrons. The summed E-state index contributed by atoms with van der Waals surface area (Å²) in [6.07, 6.45) is -0.00482. The van der Waals surface area contributed by atoms with Crippen LogP contribution in [-0.2, 0) is 46.4 Å². The van der Waals surface area contributed by atoms with Gasteiger partial charge in [-0.3, -0.25) is 4.79 Å². The molecule has 0 spiro atoms. The van der Waals surface area contributed by atoms with E-state index in [1.807, 2.05) is 30.3 Å². The van der Waals surface area contributed by atoms with Gasteiger partial charge in [-0.2, -0.15) is 0 Å². The Morgan fingerprint density at radius 3 is 1.70 bits per heavy atom. The fourth-order valence-corrected chi connectivity index (χ4v) is 4.87. The molecule has 0 aliphatic carbocycles. The largest absolute Gasteiger partial charge is 0.496 e. The van der Waals surface area contributed by atoms with Crippen molar-refractivity contribution < 1.29 is 52.5 Å². The van der Waals surface area contributed by atoms with Gasteiger partial charge in [0, 0.05) is 25.2 Å². The van der Waals surface area contributed by atoms with E-state index in [1.54, 1.807) is 14.2 Å². The standard InChI is InChI=1S/C38H53NO11/c1-30-32(10-7-11-34(30)31-8-5-4-6-9-31)29-50-33-26-36(42-2)35(37(27-33)43-3)28-39-13-15-45-17-19-47-21-23-49-25-24-48-22-20-46-18-16-44-14-12-38(40)41/h4-11,26-27,39H,12-25,28-29H2,1-3H3,(H,40,41). The van der Waals surface area contributed by atoms with Gasteiger partial charge < -0.3 is 53.1 Å². The highest BCUT2D eigenvalue weighted by atomic mass is 16.6. The molecule has 0 bridgehead atoms. The Bertz CT molecular complexity index is 1330. The summed E-state index contributed by atoms with van der Waals surface area (Å²) in [6, 6.07) is 20.4. The lowest BCUT2D eigenvalue weighted by atomic mass is 9.97. The number of carbonyl (C=O) groups is 1. The molecule has 0 aliphatic heterocycles. The third-order valence-corrected chi connectivity index (χ3v) is 7.55. The normalized spacial score (nSPS) is 11.1. The minimum atomic E-state index is -0.875. The Morgan fingerprint density at radius 2 is 1.18 bits per heavy atom. The van der Waals surface area contributed by atoms with E-state index >= 15 is 0 Å². The fraction of sp³-hybridized carbons (Fsp3) is 0.500. The highest BCUT2D eigenvalue weighted by Crippen LogP contribution is 2.35. The van der Waals surface area contributed by atoms with Crippen LogP contribution in [0, 0.1) is 6.92 Å². The van der Waals surface area contributed by atoms with E-state index in [4.69, 9.17) is 47.7 Å². The molecule has 3 rings (SSSR count). The fourth-order valence-electron chi connectivity index (χ4n) is 4.87. The van der Waals surface area contributed by atoms with Gasteiger partial charge in [-0.15, -0.1) is 0 Å². The first kappa shape index (κ1) is 40.7. The molecular weight excluding hydrogens is 646 g/mol. The zero-order chi connectivity index (χ0) is 35.7. The summed E-state index contributed by atoms with van der Waals surface area (Å²) in [4.78, 5) is 10.4. The summed E-state index contributed by atoms with van der Waals surface area (Å²) in [5.74, 6) is 1.17. The number of hydrogen-bond donors (Lipinski definition) is 2. The highest BCUT2D eigenvalue weighted by molar-refractivity contribution is 5.68. The second kappa shape index (κ2) is 25.2. The predicted molar refractivity (Wildman–Crippen MR) is 189 cm³/mol. The van der Waals surface area contributed by atoms with Gasteiger partial charge in [0.1, 0.15) is 23.9 Å². The number of methoxy groups -OCH3 is 2. The smallest absolute Gasteiger partial charge is 0.305 e. The molecule has 3 aromatic carbocycles. The number of rotatable bonds is 29. The predicted octanol–water partition coefficient (Wildman–Crippen LogP) is 4.92. The first-order valence-corrected chi connectivity index (χ1v) is 16.9. The van der Waals surface area contributed by atoms with E-state index in [0.717, 1.165) is 11.1 Å². The molecule has 3 aromatic rings. The van der Waals surface area contributed by atoms with Gasteiger partial charge in [-0.1, -0.05) is 48.5 Å². The molecule has 12 heteroatoms. The monoisotopic (exact) mass is 699 g/mol. The van der Waals surface area contributed by atoms with Gasteiger partial charge in [0.05, 0.1) is 105 Å². The van der Waals surface area contributed by atoms with Gasteiger partial charge in [-0.25, -0.2) is 0 Å². The summed E-state index contributed by atoms with van der Waals surface area (Å²) < 4.78 is 50.2. The molecule has 12 nitrogen and oxygen atoms in total. The summed E-state index contributed by atoms with van der Waals surface area (Å²) in [5.41, 5.74) is 5.59. The number of hydrogen-bond acceptors (Lipinski definition) is 11. The first-order valence-electron chi connectivity index (χ1n) is 16.9. The average Bonchev–Trinajstić information content (AvgIpc) is 3.13. The van der Waals surface area contributed by atoms with E-state index in [2.05, 4.69) is 42.6 Å². The van der Waals surface area contributed by atoms with E-state index in [-0.39, 0.29) is 13.0 Å². The van der Waals surface area contributed by atoms with Crippen molar-refractivity contribution >= 4 is 5.97 Å². The zero-order valence-electron chi connectivity index (χ0n) is 29.6. The highest BCUT2D eigenvalue weighted by Gasteiger charge is 2.14. The van der Waals surface area contributed by atoms with Gasteiger partial charge in [-0.05, 0) is 29.2 Å². The lowest BCUT2D eigenvalue weighted by Gasteiger charge is -2.17. The molecule has 0 saturated heterocycles. The molecule has 0 unspecified atom stereocenters. The maximum Gasteiger partial charge on any atom is 0.305 e. The summed E-state index contributed by atoms with van der Waals surface area (Å²) >= 11 is 0. The lowest BCUT2D eigenvalue weighted by Crippen LogP contribution is -2.21. The second-order valence-corrected chi connectivity index (χ2v) is 11.0. The van der Waals surface area contributed by atoms with Crippen molar-refractivity contribution in [3.63, 3.8) is 0 Å². The second-order valence-electron chi connectivity index (χ2n) is 11.0. The molecule has 0 heterocycles. The van der Waals surface area contributed by atoms with Crippen LogP contribution < -0.4 is 19.5 Å². The van der Waals surface area contributed by atoms with Crippen molar-refractivity contribution in [3.05, 3.63) is 77.4 Å². The van der Waals surface area contributed by atoms with Gasteiger partial charge in [0.25, 0.3) is 0 Å². The molecule has 0 aliphatic rings. The zero-order valence-corrected chi connectivity index (χ0v) is 29.6. The van der Waals surface area contributed by atoms with E-state index in [0.29, 0.717) is 110 Å². The maximum atomic E-state index is 10.4. The number of carboxylic acids is 1. The molecule has 50 heavy (non-hydrogen) atoms. The van der Waals surface area contributed by atoms with Crippen molar-refractivity contribution in [1.82, 2.24) is 5.32 Å². The van der Waals surface area contributed by atoms with Crippen LogP contribution in [-0.4, -0.2) is 111 Å². The summed E-state index contributed by atoms with van der Waals surface area (Å²) in [5, 5.41) is 11.9. The van der Waals surface area contributed by atoms with Crippen molar-refractivity contribution in [2.75, 3.05) is 100 Å². The van der Waals surface area contributed by atoms with Crippen LogP contribution >= 0.6 is 0 Å². The maximum absolute atomic E-state index is 10.4.